The van der Waals surface area contributed by atoms with Crippen LogP contribution in [0, 0.1) is 0 Å². The molecule has 0 fully saturated rings. The Hall–Kier alpha value is -1.20. The van der Waals surface area contributed by atoms with Crippen LogP contribution in [0.4, 0.5) is 13.2 Å². The molecule has 1 aromatic heterocycles. The zero-order valence-electron chi connectivity index (χ0n) is 8.79. The summed E-state index contributed by atoms with van der Waals surface area (Å²) in [7, 11) is 0. The zero-order chi connectivity index (χ0) is 11.8. The zero-order valence-corrected chi connectivity index (χ0v) is 9.61. The number of nitrogens with one attached hydrogen (secondary N) is 1. The number of benzene rings is 1. The molecule has 0 aliphatic rings. The van der Waals surface area contributed by atoms with Crippen LogP contribution in [0.5, 0.6) is 0 Å². The molecule has 0 radical (unpaired) electrons. The van der Waals surface area contributed by atoms with E-state index < -0.39 is 18.6 Å². The van der Waals surface area contributed by atoms with Crippen molar-refractivity contribution in [2.75, 3.05) is 0 Å². The second-order valence-electron chi connectivity index (χ2n) is 3.72. The van der Waals surface area contributed by atoms with E-state index in [0.29, 0.717) is 5.56 Å². The van der Waals surface area contributed by atoms with Gasteiger partial charge in [0.05, 0.1) is 6.42 Å². The van der Waals surface area contributed by atoms with Crippen LogP contribution in [0.3, 0.4) is 0 Å². The summed E-state index contributed by atoms with van der Waals surface area (Å²) >= 11 is 0. The van der Waals surface area contributed by atoms with Crippen molar-refractivity contribution in [3.8, 4) is 0 Å². The SMILES string of the molecule is Cl.N[C@@H](CC(F)(F)F)c1c[nH]c2ccccc12. The molecule has 2 nitrogen and oxygen atoms in total. The van der Waals surface area contributed by atoms with Gasteiger partial charge in [-0.1, -0.05) is 18.2 Å². The van der Waals surface area contributed by atoms with Crippen molar-refractivity contribution < 1.29 is 13.2 Å². The quantitative estimate of drug-likeness (QED) is 0.856. The van der Waals surface area contributed by atoms with Gasteiger partial charge < -0.3 is 10.7 Å². The fraction of sp³-hybridized carbons (Fsp3) is 0.273. The number of aromatic amines is 1. The molecule has 94 valence electrons. The fourth-order valence-electron chi connectivity index (χ4n) is 1.76. The van der Waals surface area contributed by atoms with Crippen molar-refractivity contribution in [3.63, 3.8) is 0 Å². The number of fused-ring (bicyclic) bond motifs is 1. The van der Waals surface area contributed by atoms with Crippen LogP contribution in [0.15, 0.2) is 30.5 Å². The standard InChI is InChI=1S/C11H11F3N2.ClH/c12-11(13,14)5-9(15)8-6-16-10-4-2-1-3-7(8)10;/h1-4,6,9,16H,5,15H2;1H/t9-;/m0./s1. The molecule has 0 saturated carbocycles. The topological polar surface area (TPSA) is 41.8 Å². The number of nitrogens with two attached hydrogens (primary N) is 1. The molecule has 0 bridgehead atoms. The van der Waals surface area contributed by atoms with E-state index in [9.17, 15) is 13.2 Å². The van der Waals surface area contributed by atoms with E-state index in [1.807, 2.05) is 6.07 Å². The van der Waals surface area contributed by atoms with Crippen LogP contribution in [0.1, 0.15) is 18.0 Å². The van der Waals surface area contributed by atoms with Crippen LogP contribution >= 0.6 is 12.4 Å². The predicted octanol–water partition coefficient (Wildman–Crippen LogP) is 3.54. The van der Waals surface area contributed by atoms with E-state index in [0.717, 1.165) is 10.9 Å². The van der Waals surface area contributed by atoms with Gasteiger partial charge in [0, 0.05) is 23.1 Å². The van der Waals surface area contributed by atoms with Crippen molar-refractivity contribution in [1.29, 1.82) is 0 Å². The number of H-pyrrole nitrogens is 1. The first-order valence-electron chi connectivity index (χ1n) is 4.86. The Morgan fingerprint density at radius 2 is 1.88 bits per heavy atom. The van der Waals surface area contributed by atoms with Crippen molar-refractivity contribution in [2.45, 2.75) is 18.6 Å². The van der Waals surface area contributed by atoms with Gasteiger partial charge in [0.2, 0.25) is 0 Å². The second-order valence-corrected chi connectivity index (χ2v) is 3.72. The normalized spacial score (nSPS) is 13.4. The molecule has 0 unspecified atom stereocenters. The Morgan fingerprint density at radius 3 is 2.53 bits per heavy atom. The lowest BCUT2D eigenvalue weighted by molar-refractivity contribution is -0.138. The molecule has 1 atom stereocenters. The first kappa shape index (κ1) is 13.9. The predicted molar refractivity (Wildman–Crippen MR) is 63.1 cm³/mol. The average Bonchev–Trinajstić information content (AvgIpc) is 2.58. The van der Waals surface area contributed by atoms with Crippen LogP contribution < -0.4 is 5.73 Å². The van der Waals surface area contributed by atoms with Crippen LogP contribution in [0.2, 0.25) is 0 Å². The molecular weight excluding hydrogens is 253 g/mol. The van der Waals surface area contributed by atoms with Crippen molar-refractivity contribution in [2.24, 2.45) is 5.73 Å². The molecule has 1 aromatic carbocycles. The minimum Gasteiger partial charge on any atom is -0.361 e. The van der Waals surface area contributed by atoms with Gasteiger partial charge in [-0.05, 0) is 11.6 Å². The summed E-state index contributed by atoms with van der Waals surface area (Å²) in [4.78, 5) is 2.91. The summed E-state index contributed by atoms with van der Waals surface area (Å²) in [5, 5.41) is 0.749. The lowest BCUT2D eigenvalue weighted by atomic mass is 10.0. The Balaban J connectivity index is 0.00000144. The molecule has 0 spiro atoms. The maximum Gasteiger partial charge on any atom is 0.390 e. The Morgan fingerprint density at radius 1 is 1.24 bits per heavy atom. The Kier molecular flexibility index (Phi) is 4.06. The summed E-state index contributed by atoms with van der Waals surface area (Å²) in [5.41, 5.74) is 6.86. The molecule has 17 heavy (non-hydrogen) atoms. The third-order valence-corrected chi connectivity index (χ3v) is 2.47. The van der Waals surface area contributed by atoms with E-state index in [4.69, 9.17) is 5.73 Å². The highest BCUT2D eigenvalue weighted by Gasteiger charge is 2.31. The molecule has 0 aliphatic carbocycles. The highest BCUT2D eigenvalue weighted by Crippen LogP contribution is 2.31. The third kappa shape index (κ3) is 3.14. The minimum atomic E-state index is -4.24. The van der Waals surface area contributed by atoms with Crippen LogP contribution in [-0.4, -0.2) is 11.2 Å². The van der Waals surface area contributed by atoms with Crippen molar-refractivity contribution in [1.82, 2.24) is 4.98 Å². The van der Waals surface area contributed by atoms with Gasteiger partial charge in [0.25, 0.3) is 0 Å². The van der Waals surface area contributed by atoms with Crippen molar-refractivity contribution >= 4 is 23.3 Å². The van der Waals surface area contributed by atoms with E-state index in [-0.39, 0.29) is 12.4 Å². The Bertz CT molecular complexity index is 493. The first-order chi connectivity index (χ1) is 7.47. The maximum atomic E-state index is 12.2. The highest BCUT2D eigenvalue weighted by atomic mass is 35.5. The van der Waals surface area contributed by atoms with E-state index in [1.165, 1.54) is 0 Å². The molecular formula is C11H12ClF3N2. The number of aromatic nitrogens is 1. The summed E-state index contributed by atoms with van der Waals surface area (Å²) in [5.74, 6) is 0. The van der Waals surface area contributed by atoms with Gasteiger partial charge >= 0.3 is 6.18 Å². The fourth-order valence-corrected chi connectivity index (χ4v) is 1.76. The van der Waals surface area contributed by atoms with Crippen LogP contribution in [-0.2, 0) is 0 Å². The summed E-state index contributed by atoms with van der Waals surface area (Å²) < 4.78 is 36.6. The van der Waals surface area contributed by atoms with E-state index >= 15 is 0 Å². The number of para-hydroxylation sites is 1. The van der Waals surface area contributed by atoms with Gasteiger partial charge in [-0.2, -0.15) is 13.2 Å². The lowest BCUT2D eigenvalue weighted by Gasteiger charge is -2.13. The monoisotopic (exact) mass is 264 g/mol. The summed E-state index contributed by atoms with van der Waals surface area (Å²) in [6.07, 6.45) is -3.70. The average molecular weight is 265 g/mol. The van der Waals surface area contributed by atoms with Crippen molar-refractivity contribution in [3.05, 3.63) is 36.0 Å². The third-order valence-electron chi connectivity index (χ3n) is 2.47. The largest absolute Gasteiger partial charge is 0.390 e. The molecule has 2 aromatic rings. The number of hydrogen-bond acceptors (Lipinski definition) is 1. The molecule has 0 aliphatic heterocycles. The molecule has 1 heterocycles. The lowest BCUT2D eigenvalue weighted by Crippen LogP contribution is -2.19. The first-order valence-corrected chi connectivity index (χ1v) is 4.86. The highest BCUT2D eigenvalue weighted by molar-refractivity contribution is 5.85. The summed E-state index contributed by atoms with van der Waals surface area (Å²) in [6.45, 7) is 0. The molecule has 0 saturated heterocycles. The second kappa shape index (κ2) is 4.98. The number of hydrogen-bond donors (Lipinski definition) is 2. The van der Waals surface area contributed by atoms with E-state index in [2.05, 4.69) is 4.98 Å². The number of rotatable bonds is 2. The van der Waals surface area contributed by atoms with Crippen LogP contribution in [0.25, 0.3) is 10.9 Å². The smallest absolute Gasteiger partial charge is 0.361 e. The van der Waals surface area contributed by atoms with Gasteiger partial charge in [-0.3, -0.25) is 0 Å². The maximum absolute atomic E-state index is 12.2. The van der Waals surface area contributed by atoms with Gasteiger partial charge in [0.15, 0.2) is 0 Å². The van der Waals surface area contributed by atoms with E-state index in [1.54, 1.807) is 24.4 Å². The Labute approximate surface area is 102 Å². The minimum absolute atomic E-state index is 0. The number of alkyl halides is 3. The van der Waals surface area contributed by atoms with Gasteiger partial charge in [0.1, 0.15) is 0 Å². The molecule has 2 rings (SSSR count). The summed E-state index contributed by atoms with van der Waals surface area (Å²) in [6, 6.07) is 6.14. The molecule has 6 heteroatoms. The molecule has 0 amide bonds. The van der Waals surface area contributed by atoms with Gasteiger partial charge in [-0.25, -0.2) is 0 Å². The molecule has 3 N–H and O–H groups in total. The van der Waals surface area contributed by atoms with Gasteiger partial charge in [-0.15, -0.1) is 12.4 Å². The number of halogens is 4.